The maximum atomic E-state index is 9.94. The molecule has 0 amide bonds. The molecule has 22 heavy (non-hydrogen) atoms. The molecule has 0 bridgehead atoms. The molecule has 4 nitrogen and oxygen atoms in total. The SMILES string of the molecule is C=C(C)CS(=O)(=O)O.CCCC[N+](C)(CCCC)CCCC. The van der Waals surface area contributed by atoms with Crippen molar-refractivity contribution in [2.24, 2.45) is 0 Å². The van der Waals surface area contributed by atoms with Crippen molar-refractivity contribution in [1.29, 1.82) is 0 Å². The quantitative estimate of drug-likeness (QED) is 0.348. The third-order valence-electron chi connectivity index (χ3n) is 3.58. The molecule has 0 heterocycles. The summed E-state index contributed by atoms with van der Waals surface area (Å²) in [5.74, 6) is -0.340. The fraction of sp³-hybridized carbons (Fsp3) is 0.882. The lowest BCUT2D eigenvalue weighted by molar-refractivity contribution is -0.910. The zero-order valence-corrected chi connectivity index (χ0v) is 16.2. The summed E-state index contributed by atoms with van der Waals surface area (Å²) in [4.78, 5) is 0. The van der Waals surface area contributed by atoms with Gasteiger partial charge in [0.25, 0.3) is 10.1 Å². The molecule has 0 atom stereocenters. The summed E-state index contributed by atoms with van der Waals surface area (Å²) < 4.78 is 29.3. The van der Waals surface area contributed by atoms with E-state index in [0.717, 1.165) is 0 Å². The number of rotatable bonds is 11. The third kappa shape index (κ3) is 17.7. The Morgan fingerprint density at radius 1 is 0.955 bits per heavy atom. The van der Waals surface area contributed by atoms with Gasteiger partial charge in [0.2, 0.25) is 0 Å². The van der Waals surface area contributed by atoms with E-state index in [-0.39, 0.29) is 5.75 Å². The van der Waals surface area contributed by atoms with Gasteiger partial charge in [0.15, 0.2) is 0 Å². The Bertz CT molecular complexity index is 356. The van der Waals surface area contributed by atoms with E-state index in [9.17, 15) is 8.42 Å². The summed E-state index contributed by atoms with van der Waals surface area (Å²) in [7, 11) is -1.38. The Morgan fingerprint density at radius 2 is 1.27 bits per heavy atom. The van der Waals surface area contributed by atoms with Crippen LogP contribution in [0.3, 0.4) is 0 Å². The highest BCUT2D eigenvalue weighted by Crippen LogP contribution is 2.10. The summed E-state index contributed by atoms with van der Waals surface area (Å²) in [6.07, 6.45) is 8.20. The zero-order chi connectivity index (χ0) is 17.6. The monoisotopic (exact) mass is 336 g/mol. The Morgan fingerprint density at radius 3 is 1.41 bits per heavy atom. The Kier molecular flexibility index (Phi) is 14.2. The van der Waals surface area contributed by atoms with Gasteiger partial charge < -0.3 is 4.48 Å². The highest BCUT2D eigenvalue weighted by atomic mass is 32.2. The fourth-order valence-corrected chi connectivity index (χ4v) is 2.89. The van der Waals surface area contributed by atoms with Crippen LogP contribution >= 0.6 is 0 Å². The van der Waals surface area contributed by atoms with E-state index in [2.05, 4.69) is 34.4 Å². The van der Waals surface area contributed by atoms with Crippen LogP contribution in [0.15, 0.2) is 12.2 Å². The molecular formula is C17H38NO3S+. The van der Waals surface area contributed by atoms with Gasteiger partial charge in [0, 0.05) is 0 Å². The Labute approximate surface area is 138 Å². The lowest BCUT2D eigenvalue weighted by Crippen LogP contribution is -2.46. The van der Waals surface area contributed by atoms with Gasteiger partial charge in [0.1, 0.15) is 0 Å². The molecule has 0 saturated heterocycles. The molecule has 0 radical (unpaired) electrons. The summed E-state index contributed by atoms with van der Waals surface area (Å²) in [5, 5.41) is 0. The van der Waals surface area contributed by atoms with Crippen LogP contribution in [0.4, 0.5) is 0 Å². The van der Waals surface area contributed by atoms with Crippen molar-refractivity contribution in [2.45, 2.75) is 66.2 Å². The average molecular weight is 337 g/mol. The van der Waals surface area contributed by atoms with Crippen molar-refractivity contribution >= 4 is 10.1 Å². The molecule has 5 heteroatoms. The minimum Gasteiger partial charge on any atom is -0.326 e. The minimum absolute atomic E-state index is 0.340. The van der Waals surface area contributed by atoms with E-state index in [4.69, 9.17) is 4.55 Å². The van der Waals surface area contributed by atoms with Gasteiger partial charge in [0.05, 0.1) is 32.4 Å². The van der Waals surface area contributed by atoms with Gasteiger partial charge in [-0.15, -0.1) is 0 Å². The molecule has 0 aliphatic heterocycles. The van der Waals surface area contributed by atoms with Crippen LogP contribution in [0.25, 0.3) is 0 Å². The third-order valence-corrected chi connectivity index (χ3v) is 4.44. The highest BCUT2D eigenvalue weighted by molar-refractivity contribution is 7.85. The normalized spacial score (nSPS) is 11.7. The van der Waals surface area contributed by atoms with Crippen LogP contribution in [0.2, 0.25) is 0 Å². The maximum Gasteiger partial charge on any atom is 0.268 e. The number of nitrogens with zero attached hydrogens (tertiary/aromatic N) is 1. The molecule has 0 fully saturated rings. The second kappa shape index (κ2) is 13.1. The van der Waals surface area contributed by atoms with E-state index < -0.39 is 10.1 Å². The van der Waals surface area contributed by atoms with E-state index in [0.29, 0.717) is 5.57 Å². The van der Waals surface area contributed by atoms with E-state index in [1.165, 1.54) is 69.6 Å². The number of quaternary nitrogens is 1. The van der Waals surface area contributed by atoms with Crippen LogP contribution in [0.5, 0.6) is 0 Å². The lowest BCUT2D eigenvalue weighted by Gasteiger charge is -2.34. The summed E-state index contributed by atoms with van der Waals surface area (Å²) in [5.41, 5.74) is 0.438. The van der Waals surface area contributed by atoms with E-state index in [1.54, 1.807) is 0 Å². The topological polar surface area (TPSA) is 54.4 Å². The Hall–Kier alpha value is -0.390. The molecule has 0 spiro atoms. The average Bonchev–Trinajstić information content (AvgIpc) is 2.39. The van der Waals surface area contributed by atoms with E-state index in [1.807, 2.05) is 0 Å². The van der Waals surface area contributed by atoms with Crippen LogP contribution in [0.1, 0.15) is 66.2 Å². The van der Waals surface area contributed by atoms with Gasteiger partial charge >= 0.3 is 0 Å². The fourth-order valence-electron chi connectivity index (χ4n) is 2.27. The number of unbranched alkanes of at least 4 members (excludes halogenated alkanes) is 3. The van der Waals surface area contributed by atoms with E-state index >= 15 is 0 Å². The largest absolute Gasteiger partial charge is 0.326 e. The molecule has 0 aromatic heterocycles. The van der Waals surface area contributed by atoms with Gasteiger partial charge in [-0.05, 0) is 26.2 Å². The summed E-state index contributed by atoms with van der Waals surface area (Å²) in [6.45, 7) is 15.9. The number of hydrogen-bond donors (Lipinski definition) is 1. The summed E-state index contributed by atoms with van der Waals surface area (Å²) in [6, 6.07) is 0. The molecular weight excluding hydrogens is 298 g/mol. The predicted octanol–water partition coefficient (Wildman–Crippen LogP) is 4.28. The standard InChI is InChI=1S/C13H30N.C4H8O3S/c1-5-8-11-14(4,12-9-6-2)13-10-7-3;1-4(2)3-8(5,6)7/h5-13H2,1-4H3;1,3H2,2H3,(H,5,6,7)/q+1;. The molecule has 0 rings (SSSR count). The van der Waals surface area contributed by atoms with Crippen LogP contribution in [-0.2, 0) is 10.1 Å². The van der Waals surface area contributed by atoms with Crippen molar-refractivity contribution in [3.63, 3.8) is 0 Å². The molecule has 0 unspecified atom stereocenters. The Balaban J connectivity index is 0. The van der Waals surface area contributed by atoms with Gasteiger partial charge in [-0.1, -0.05) is 52.2 Å². The molecule has 0 aliphatic rings. The number of hydrogen-bond acceptors (Lipinski definition) is 2. The van der Waals surface area contributed by atoms with Crippen molar-refractivity contribution in [1.82, 2.24) is 0 Å². The van der Waals surface area contributed by atoms with Gasteiger partial charge in [-0.2, -0.15) is 8.42 Å². The van der Waals surface area contributed by atoms with Crippen LogP contribution in [-0.4, -0.2) is 49.9 Å². The second-order valence-corrected chi connectivity index (χ2v) is 7.99. The van der Waals surface area contributed by atoms with Crippen LogP contribution < -0.4 is 0 Å². The van der Waals surface area contributed by atoms with Crippen molar-refractivity contribution in [3.05, 3.63) is 12.2 Å². The first-order valence-corrected chi connectivity index (χ1v) is 10.1. The van der Waals surface area contributed by atoms with Crippen molar-refractivity contribution in [2.75, 3.05) is 32.4 Å². The van der Waals surface area contributed by atoms with Crippen molar-refractivity contribution < 1.29 is 17.5 Å². The van der Waals surface area contributed by atoms with Crippen LogP contribution in [0, 0.1) is 0 Å². The minimum atomic E-state index is -3.82. The molecule has 0 aromatic rings. The van der Waals surface area contributed by atoms with Gasteiger partial charge in [-0.3, -0.25) is 4.55 Å². The first-order valence-electron chi connectivity index (χ1n) is 8.53. The maximum absolute atomic E-state index is 9.94. The molecule has 0 aromatic carbocycles. The molecule has 134 valence electrons. The first kappa shape index (κ1) is 23.9. The smallest absolute Gasteiger partial charge is 0.268 e. The summed E-state index contributed by atoms with van der Waals surface area (Å²) >= 11 is 0. The van der Waals surface area contributed by atoms with Gasteiger partial charge in [-0.25, -0.2) is 0 Å². The zero-order valence-electron chi connectivity index (χ0n) is 15.4. The second-order valence-electron chi connectivity index (χ2n) is 6.53. The molecule has 0 aliphatic carbocycles. The molecule has 0 saturated carbocycles. The highest BCUT2D eigenvalue weighted by Gasteiger charge is 2.18. The first-order chi connectivity index (χ1) is 10.1. The van der Waals surface area contributed by atoms with Crippen molar-refractivity contribution in [3.8, 4) is 0 Å². The predicted molar refractivity (Wildman–Crippen MR) is 96.7 cm³/mol. The molecule has 1 N–H and O–H groups in total. The lowest BCUT2D eigenvalue weighted by atomic mass is 10.2.